The molecule has 1 aromatic rings. The molecule has 3 nitrogen and oxygen atoms in total. The minimum atomic E-state index is 0.943. The molecular formula is C11H23N3. The number of rotatable bonds is 3. The molecular weight excluding hydrogens is 174 g/mol. The van der Waals surface area contributed by atoms with Crippen molar-refractivity contribution >= 4 is 0 Å². The molecule has 0 aliphatic rings. The van der Waals surface area contributed by atoms with Crippen molar-refractivity contribution in [2.24, 2.45) is 7.05 Å². The van der Waals surface area contributed by atoms with Crippen LogP contribution < -0.4 is 0 Å². The topological polar surface area (TPSA) is 21.1 Å². The van der Waals surface area contributed by atoms with Crippen LogP contribution in [0.5, 0.6) is 0 Å². The van der Waals surface area contributed by atoms with Crippen LogP contribution in [-0.4, -0.2) is 28.3 Å². The van der Waals surface area contributed by atoms with E-state index < -0.39 is 0 Å². The van der Waals surface area contributed by atoms with Crippen LogP contribution in [0.2, 0.25) is 0 Å². The molecule has 1 rings (SSSR count). The van der Waals surface area contributed by atoms with Gasteiger partial charge in [0.25, 0.3) is 0 Å². The highest BCUT2D eigenvalue weighted by molar-refractivity contribution is 5.07. The summed E-state index contributed by atoms with van der Waals surface area (Å²) < 4.78 is 1.92. The van der Waals surface area contributed by atoms with E-state index in [0.29, 0.717) is 0 Å². The Morgan fingerprint density at radius 1 is 1.43 bits per heavy atom. The molecule has 0 saturated heterocycles. The van der Waals surface area contributed by atoms with E-state index in [1.807, 2.05) is 25.6 Å². The van der Waals surface area contributed by atoms with Crippen molar-refractivity contribution in [2.45, 2.75) is 34.2 Å². The first kappa shape index (κ1) is 13.2. The first-order valence-electron chi connectivity index (χ1n) is 5.31. The summed E-state index contributed by atoms with van der Waals surface area (Å²) in [4.78, 5) is 2.24. The molecule has 0 saturated carbocycles. The van der Waals surface area contributed by atoms with Crippen LogP contribution in [0.25, 0.3) is 0 Å². The van der Waals surface area contributed by atoms with Gasteiger partial charge in [-0.25, -0.2) is 0 Å². The molecule has 82 valence electrons. The molecule has 0 N–H and O–H groups in total. The number of aromatic nitrogens is 2. The summed E-state index contributed by atoms with van der Waals surface area (Å²) >= 11 is 0. The summed E-state index contributed by atoms with van der Waals surface area (Å²) in [7, 11) is 4.08. The van der Waals surface area contributed by atoms with Crippen LogP contribution >= 0.6 is 0 Å². The van der Waals surface area contributed by atoms with E-state index in [9.17, 15) is 0 Å². The average Bonchev–Trinajstić information content (AvgIpc) is 2.49. The molecule has 1 aromatic heterocycles. The van der Waals surface area contributed by atoms with E-state index in [1.165, 1.54) is 5.69 Å². The van der Waals surface area contributed by atoms with Crippen molar-refractivity contribution in [3.05, 3.63) is 17.5 Å². The predicted molar refractivity (Wildman–Crippen MR) is 61.3 cm³/mol. The lowest BCUT2D eigenvalue weighted by molar-refractivity contribution is 0.340. The van der Waals surface area contributed by atoms with Crippen LogP contribution in [0, 0.1) is 6.92 Å². The maximum Gasteiger partial charge on any atom is 0.0767 e. The van der Waals surface area contributed by atoms with E-state index in [-0.39, 0.29) is 0 Å². The van der Waals surface area contributed by atoms with Crippen molar-refractivity contribution in [3.63, 3.8) is 0 Å². The van der Waals surface area contributed by atoms with Crippen LogP contribution in [0.3, 0.4) is 0 Å². The summed E-state index contributed by atoms with van der Waals surface area (Å²) in [6.45, 7) is 10.2. The van der Waals surface area contributed by atoms with Gasteiger partial charge in [-0.3, -0.25) is 4.68 Å². The molecule has 3 heteroatoms. The average molecular weight is 197 g/mol. The van der Waals surface area contributed by atoms with Crippen molar-refractivity contribution < 1.29 is 0 Å². The molecule has 0 bridgehead atoms. The van der Waals surface area contributed by atoms with Crippen molar-refractivity contribution in [3.8, 4) is 0 Å². The van der Waals surface area contributed by atoms with E-state index in [4.69, 9.17) is 0 Å². The lowest BCUT2D eigenvalue weighted by Gasteiger charge is -2.10. The summed E-state index contributed by atoms with van der Waals surface area (Å²) in [5.41, 5.74) is 2.37. The van der Waals surface area contributed by atoms with Gasteiger partial charge in [0.05, 0.1) is 5.69 Å². The molecule has 1 heterocycles. The third-order valence-electron chi connectivity index (χ3n) is 2.14. The maximum absolute atomic E-state index is 4.37. The zero-order valence-corrected chi connectivity index (χ0v) is 10.3. The van der Waals surface area contributed by atoms with E-state index >= 15 is 0 Å². The fourth-order valence-electron chi connectivity index (χ4n) is 1.10. The molecule has 0 aliphatic carbocycles. The summed E-state index contributed by atoms with van der Waals surface area (Å²) in [5, 5.41) is 4.37. The Labute approximate surface area is 87.7 Å². The van der Waals surface area contributed by atoms with Gasteiger partial charge in [0.15, 0.2) is 0 Å². The smallest absolute Gasteiger partial charge is 0.0767 e. The Morgan fingerprint density at radius 2 is 2.00 bits per heavy atom. The van der Waals surface area contributed by atoms with Crippen LogP contribution in [-0.2, 0) is 13.6 Å². The normalized spacial score (nSPS) is 9.93. The highest BCUT2D eigenvalue weighted by Crippen LogP contribution is 2.03. The van der Waals surface area contributed by atoms with Crippen molar-refractivity contribution in [1.82, 2.24) is 14.7 Å². The van der Waals surface area contributed by atoms with Crippen molar-refractivity contribution in [1.29, 1.82) is 0 Å². The number of nitrogens with zero attached hydrogens (tertiary/aromatic N) is 3. The predicted octanol–water partition coefficient (Wildman–Crippen LogP) is 2.21. The van der Waals surface area contributed by atoms with Gasteiger partial charge in [-0.1, -0.05) is 20.8 Å². The Bertz CT molecular complexity index is 234. The molecule has 0 aromatic carbocycles. The Kier molecular flexibility index (Phi) is 6.21. The second kappa shape index (κ2) is 6.60. The van der Waals surface area contributed by atoms with Gasteiger partial charge >= 0.3 is 0 Å². The molecule has 0 fully saturated rings. The lowest BCUT2D eigenvalue weighted by Crippen LogP contribution is -2.17. The quantitative estimate of drug-likeness (QED) is 0.740. The molecule has 0 spiro atoms. The zero-order valence-electron chi connectivity index (χ0n) is 10.3. The van der Waals surface area contributed by atoms with Gasteiger partial charge in [0, 0.05) is 19.3 Å². The molecule has 0 unspecified atom stereocenters. The van der Waals surface area contributed by atoms with Crippen LogP contribution in [0.1, 0.15) is 32.2 Å². The van der Waals surface area contributed by atoms with Gasteiger partial charge in [-0.15, -0.1) is 0 Å². The van der Waals surface area contributed by atoms with E-state index in [2.05, 4.69) is 37.0 Å². The summed E-state index contributed by atoms with van der Waals surface area (Å²) in [5.74, 6) is 0. The highest BCUT2D eigenvalue weighted by Gasteiger charge is 2.02. The lowest BCUT2D eigenvalue weighted by atomic mass is 10.3. The van der Waals surface area contributed by atoms with Gasteiger partial charge in [0.2, 0.25) is 0 Å². The molecule has 0 aliphatic heterocycles. The van der Waals surface area contributed by atoms with E-state index in [1.54, 1.807) is 0 Å². The number of hydrogen-bond donors (Lipinski definition) is 0. The molecule has 0 amide bonds. The van der Waals surface area contributed by atoms with Gasteiger partial charge < -0.3 is 4.90 Å². The monoisotopic (exact) mass is 197 g/mol. The summed E-state index contributed by atoms with van der Waals surface area (Å²) in [6, 6.07) is 2.13. The summed E-state index contributed by atoms with van der Waals surface area (Å²) in [6.07, 6.45) is 0. The standard InChI is InChI=1S/C9H17N3.C2H6/c1-5-11(3)7-9-6-8(2)12(4)10-9;1-2/h6H,5,7H2,1-4H3;1-2H3. The SMILES string of the molecule is CC.CCN(C)Cc1cc(C)n(C)n1. The van der Waals surface area contributed by atoms with E-state index in [0.717, 1.165) is 18.8 Å². The highest BCUT2D eigenvalue weighted by atomic mass is 15.3. The number of hydrogen-bond acceptors (Lipinski definition) is 2. The van der Waals surface area contributed by atoms with Gasteiger partial charge in [0.1, 0.15) is 0 Å². The minimum Gasteiger partial charge on any atom is -0.301 e. The maximum atomic E-state index is 4.37. The molecule has 14 heavy (non-hydrogen) atoms. The largest absolute Gasteiger partial charge is 0.301 e. The Balaban J connectivity index is 0.000000791. The third kappa shape index (κ3) is 3.92. The minimum absolute atomic E-state index is 0.943. The van der Waals surface area contributed by atoms with Crippen LogP contribution in [0.15, 0.2) is 6.07 Å². The van der Waals surface area contributed by atoms with Crippen LogP contribution in [0.4, 0.5) is 0 Å². The second-order valence-corrected chi connectivity index (χ2v) is 3.23. The number of aryl methyl sites for hydroxylation is 2. The first-order valence-corrected chi connectivity index (χ1v) is 5.31. The Morgan fingerprint density at radius 3 is 2.36 bits per heavy atom. The fourth-order valence-corrected chi connectivity index (χ4v) is 1.10. The van der Waals surface area contributed by atoms with Gasteiger partial charge in [-0.2, -0.15) is 5.10 Å². The fraction of sp³-hybridized carbons (Fsp3) is 0.727. The van der Waals surface area contributed by atoms with Gasteiger partial charge in [-0.05, 0) is 26.6 Å². The zero-order chi connectivity index (χ0) is 11.1. The van der Waals surface area contributed by atoms with Crippen molar-refractivity contribution in [2.75, 3.05) is 13.6 Å². The molecule has 0 radical (unpaired) electrons. The molecule has 0 atom stereocenters. The first-order chi connectivity index (χ1) is 6.63. The second-order valence-electron chi connectivity index (χ2n) is 3.23. The third-order valence-corrected chi connectivity index (χ3v) is 2.14. The Hall–Kier alpha value is -0.830.